The van der Waals surface area contributed by atoms with E-state index in [1.165, 1.54) is 0 Å². The van der Waals surface area contributed by atoms with E-state index < -0.39 is 10.0 Å². The fourth-order valence-corrected chi connectivity index (χ4v) is 3.57. The highest BCUT2D eigenvalue weighted by Gasteiger charge is 2.23. The van der Waals surface area contributed by atoms with Crippen molar-refractivity contribution in [1.82, 2.24) is 9.21 Å². The lowest BCUT2D eigenvalue weighted by atomic mass is 10.3. The van der Waals surface area contributed by atoms with Gasteiger partial charge in [0.05, 0.1) is 5.75 Å². The van der Waals surface area contributed by atoms with Gasteiger partial charge in [0.1, 0.15) is 0 Å². The molecule has 0 radical (unpaired) electrons. The number of alkyl halides is 1. The Balaban J connectivity index is 4.55. The van der Waals surface area contributed by atoms with E-state index in [0.717, 1.165) is 13.0 Å². The van der Waals surface area contributed by atoms with Crippen LogP contribution in [0.4, 0.5) is 0 Å². The number of nitrogens with zero attached hydrogens (tertiary/aromatic N) is 2. The quantitative estimate of drug-likeness (QED) is 0.602. The fraction of sp³-hybridized carbons (Fsp3) is 1.00. The molecule has 1 unspecified atom stereocenters. The monoisotopic (exact) mass is 284 g/mol. The molecule has 6 heteroatoms. The smallest absolute Gasteiger partial charge is 0.214 e. The maximum absolute atomic E-state index is 12.2. The second-order valence-electron chi connectivity index (χ2n) is 4.74. The molecule has 0 saturated heterocycles. The SMILES string of the molecule is CCCN(CCN(C)C)S(=O)(=O)CC(C)CCl. The Kier molecular flexibility index (Phi) is 8.37. The van der Waals surface area contributed by atoms with E-state index in [-0.39, 0.29) is 11.7 Å². The van der Waals surface area contributed by atoms with Crippen LogP contribution in [0.2, 0.25) is 0 Å². The molecule has 1 atom stereocenters. The maximum Gasteiger partial charge on any atom is 0.214 e. The third-order valence-electron chi connectivity index (χ3n) is 2.42. The largest absolute Gasteiger partial charge is 0.308 e. The molecular weight excluding hydrogens is 260 g/mol. The summed E-state index contributed by atoms with van der Waals surface area (Å²) < 4.78 is 25.9. The molecule has 104 valence electrons. The van der Waals surface area contributed by atoms with Gasteiger partial charge in [-0.2, -0.15) is 0 Å². The predicted molar refractivity (Wildman–Crippen MR) is 74.1 cm³/mol. The van der Waals surface area contributed by atoms with Crippen LogP contribution in [0, 0.1) is 5.92 Å². The van der Waals surface area contributed by atoms with E-state index in [9.17, 15) is 8.42 Å². The van der Waals surface area contributed by atoms with Gasteiger partial charge in [-0.05, 0) is 26.4 Å². The Morgan fingerprint density at radius 2 is 1.76 bits per heavy atom. The maximum atomic E-state index is 12.2. The molecule has 0 rings (SSSR count). The second kappa shape index (κ2) is 8.29. The van der Waals surface area contributed by atoms with Gasteiger partial charge in [0.2, 0.25) is 10.0 Å². The van der Waals surface area contributed by atoms with Crippen molar-refractivity contribution >= 4 is 21.6 Å². The van der Waals surface area contributed by atoms with Crippen LogP contribution in [0.1, 0.15) is 20.3 Å². The lowest BCUT2D eigenvalue weighted by Gasteiger charge is -2.24. The number of hydrogen-bond acceptors (Lipinski definition) is 3. The Morgan fingerprint density at radius 1 is 1.18 bits per heavy atom. The van der Waals surface area contributed by atoms with Crippen LogP contribution in [0.15, 0.2) is 0 Å². The van der Waals surface area contributed by atoms with Gasteiger partial charge in [0, 0.05) is 25.5 Å². The van der Waals surface area contributed by atoms with Crippen LogP contribution >= 0.6 is 11.6 Å². The Hall–Kier alpha value is 0.160. The highest BCUT2D eigenvalue weighted by atomic mass is 35.5. The van der Waals surface area contributed by atoms with Gasteiger partial charge >= 0.3 is 0 Å². The van der Waals surface area contributed by atoms with E-state index >= 15 is 0 Å². The van der Waals surface area contributed by atoms with Gasteiger partial charge in [-0.1, -0.05) is 13.8 Å². The molecule has 0 spiro atoms. The first-order chi connectivity index (χ1) is 7.83. The second-order valence-corrected chi connectivity index (χ2v) is 7.06. The molecule has 0 bridgehead atoms. The fourth-order valence-electron chi connectivity index (χ4n) is 1.46. The van der Waals surface area contributed by atoms with Crippen molar-refractivity contribution in [1.29, 1.82) is 0 Å². The summed E-state index contributed by atoms with van der Waals surface area (Å²) in [5.74, 6) is 0.525. The standard InChI is InChI=1S/C11H25ClN2O2S/c1-5-6-14(8-7-13(3)4)17(15,16)10-11(2)9-12/h11H,5-10H2,1-4H3. The Morgan fingerprint density at radius 3 is 2.18 bits per heavy atom. The third kappa shape index (κ3) is 7.24. The average Bonchev–Trinajstić information content (AvgIpc) is 2.22. The van der Waals surface area contributed by atoms with Crippen LogP contribution in [0.25, 0.3) is 0 Å². The molecule has 0 aliphatic rings. The van der Waals surface area contributed by atoms with E-state index in [1.54, 1.807) is 4.31 Å². The van der Waals surface area contributed by atoms with Gasteiger partial charge in [-0.15, -0.1) is 11.6 Å². The molecule has 0 aromatic heterocycles. The summed E-state index contributed by atoms with van der Waals surface area (Å²) in [5, 5.41) is 0. The van der Waals surface area contributed by atoms with E-state index in [2.05, 4.69) is 0 Å². The molecule has 0 aromatic rings. The molecule has 0 aromatic carbocycles. The van der Waals surface area contributed by atoms with Crippen molar-refractivity contribution in [3.05, 3.63) is 0 Å². The minimum atomic E-state index is -3.17. The van der Waals surface area contributed by atoms with Crippen molar-refractivity contribution in [2.45, 2.75) is 20.3 Å². The number of halogens is 1. The lowest BCUT2D eigenvalue weighted by Crippen LogP contribution is -2.39. The first kappa shape index (κ1) is 17.2. The minimum Gasteiger partial charge on any atom is -0.308 e. The van der Waals surface area contributed by atoms with Crippen LogP contribution in [0.5, 0.6) is 0 Å². The Labute approximate surface area is 111 Å². The molecule has 0 aliphatic carbocycles. The van der Waals surface area contributed by atoms with Crippen molar-refractivity contribution in [3.63, 3.8) is 0 Å². The van der Waals surface area contributed by atoms with E-state index in [4.69, 9.17) is 11.6 Å². The molecule has 4 nitrogen and oxygen atoms in total. The number of likely N-dealkylation sites (N-methyl/N-ethyl adjacent to an activating group) is 1. The van der Waals surface area contributed by atoms with Crippen molar-refractivity contribution in [2.24, 2.45) is 5.92 Å². The van der Waals surface area contributed by atoms with Gasteiger partial charge in [-0.3, -0.25) is 0 Å². The Bertz CT molecular complexity index is 294. The zero-order valence-electron chi connectivity index (χ0n) is 11.3. The number of hydrogen-bond donors (Lipinski definition) is 0. The first-order valence-corrected chi connectivity index (χ1v) is 8.16. The normalized spacial score (nSPS) is 14.5. The summed E-state index contributed by atoms with van der Waals surface area (Å²) in [4.78, 5) is 1.99. The van der Waals surface area contributed by atoms with Crippen molar-refractivity contribution in [2.75, 3.05) is 45.4 Å². The zero-order valence-corrected chi connectivity index (χ0v) is 12.9. The predicted octanol–water partition coefficient (Wildman–Crippen LogP) is 1.46. The molecule has 17 heavy (non-hydrogen) atoms. The number of rotatable bonds is 9. The molecular formula is C11H25ClN2O2S. The zero-order chi connectivity index (χ0) is 13.5. The minimum absolute atomic E-state index is 0.000351. The highest BCUT2D eigenvalue weighted by molar-refractivity contribution is 7.89. The molecule has 0 amide bonds. The third-order valence-corrected chi connectivity index (χ3v) is 5.09. The topological polar surface area (TPSA) is 40.6 Å². The summed E-state index contributed by atoms with van der Waals surface area (Å²) >= 11 is 5.68. The van der Waals surface area contributed by atoms with Gasteiger partial charge in [0.25, 0.3) is 0 Å². The lowest BCUT2D eigenvalue weighted by molar-refractivity contribution is 0.332. The van der Waals surface area contributed by atoms with Gasteiger partial charge in [0.15, 0.2) is 0 Å². The summed E-state index contributed by atoms with van der Waals surface area (Å²) in [6.45, 7) is 5.74. The van der Waals surface area contributed by atoms with Crippen LogP contribution in [-0.2, 0) is 10.0 Å². The molecule has 0 fully saturated rings. The van der Waals surface area contributed by atoms with Crippen LogP contribution in [-0.4, -0.2) is 63.0 Å². The van der Waals surface area contributed by atoms with E-state index in [0.29, 0.717) is 19.0 Å². The van der Waals surface area contributed by atoms with Crippen molar-refractivity contribution in [3.8, 4) is 0 Å². The molecule has 0 aliphatic heterocycles. The average molecular weight is 285 g/mol. The van der Waals surface area contributed by atoms with Gasteiger partial charge < -0.3 is 4.90 Å². The van der Waals surface area contributed by atoms with Crippen LogP contribution in [0.3, 0.4) is 0 Å². The molecule has 0 saturated carbocycles. The number of sulfonamides is 1. The van der Waals surface area contributed by atoms with Gasteiger partial charge in [-0.25, -0.2) is 12.7 Å². The molecule has 0 heterocycles. The first-order valence-electron chi connectivity index (χ1n) is 6.02. The molecule has 0 N–H and O–H groups in total. The highest BCUT2D eigenvalue weighted by Crippen LogP contribution is 2.09. The summed E-state index contributed by atoms with van der Waals surface area (Å²) in [6, 6.07) is 0. The van der Waals surface area contributed by atoms with Crippen molar-refractivity contribution < 1.29 is 8.42 Å². The summed E-state index contributed by atoms with van der Waals surface area (Å²) in [6.07, 6.45) is 0.835. The van der Waals surface area contributed by atoms with E-state index in [1.807, 2.05) is 32.8 Å². The van der Waals surface area contributed by atoms with Crippen LogP contribution < -0.4 is 0 Å². The summed E-state index contributed by atoms with van der Waals surface area (Å²) in [7, 11) is 0.716. The summed E-state index contributed by atoms with van der Waals surface area (Å²) in [5.41, 5.74) is 0.